The lowest BCUT2D eigenvalue weighted by atomic mass is 10.1. The van der Waals surface area contributed by atoms with Crippen molar-refractivity contribution >= 4 is 27.2 Å². The summed E-state index contributed by atoms with van der Waals surface area (Å²) >= 11 is 0. The Bertz CT molecular complexity index is 1110. The van der Waals surface area contributed by atoms with Gasteiger partial charge in [0.05, 0.1) is 4.90 Å². The van der Waals surface area contributed by atoms with Crippen molar-refractivity contribution < 1.29 is 22.4 Å². The van der Waals surface area contributed by atoms with Gasteiger partial charge in [-0.05, 0) is 37.3 Å². The molecule has 0 unspecified atom stereocenters. The summed E-state index contributed by atoms with van der Waals surface area (Å²) in [5, 5.41) is 2.62. The Labute approximate surface area is 156 Å². The van der Waals surface area contributed by atoms with Crippen LogP contribution in [0.4, 0.5) is 5.69 Å². The molecule has 1 heterocycles. The quantitative estimate of drug-likeness (QED) is 0.676. The molecule has 0 bridgehead atoms. The van der Waals surface area contributed by atoms with Gasteiger partial charge in [-0.15, -0.1) is 0 Å². The summed E-state index contributed by atoms with van der Waals surface area (Å²) < 4.78 is 28.8. The molecule has 27 heavy (non-hydrogen) atoms. The average Bonchev–Trinajstić information content (AvgIpc) is 3.11. The summed E-state index contributed by atoms with van der Waals surface area (Å²) in [5.74, 6) is 0.0511. The molecule has 1 aromatic heterocycles. The summed E-state index contributed by atoms with van der Waals surface area (Å²) in [4.78, 5) is 23.8. The van der Waals surface area contributed by atoms with E-state index in [0.29, 0.717) is 17.0 Å². The Kier molecular flexibility index (Phi) is 4.96. The second-order valence-electron chi connectivity index (χ2n) is 6.05. The van der Waals surface area contributed by atoms with Gasteiger partial charge in [0.15, 0.2) is 21.4 Å². The van der Waals surface area contributed by atoms with Gasteiger partial charge in [0.2, 0.25) is 0 Å². The summed E-state index contributed by atoms with van der Waals surface area (Å²) in [6, 6.07) is 16.0. The normalized spacial score (nSPS) is 11.2. The van der Waals surface area contributed by atoms with Gasteiger partial charge in [-0.3, -0.25) is 9.59 Å². The third kappa shape index (κ3) is 4.32. The second-order valence-corrected chi connectivity index (χ2v) is 8.07. The first-order valence-corrected chi connectivity index (χ1v) is 9.96. The smallest absolute Gasteiger partial charge is 0.291 e. The number of hydrogen-bond donors (Lipinski definition) is 1. The van der Waals surface area contributed by atoms with Crippen LogP contribution in [0, 0.1) is 0 Å². The Hall–Kier alpha value is -3.19. The van der Waals surface area contributed by atoms with E-state index < -0.39 is 15.7 Å². The fourth-order valence-corrected chi connectivity index (χ4v) is 3.15. The maximum absolute atomic E-state index is 12.4. The maximum Gasteiger partial charge on any atom is 0.291 e. The van der Waals surface area contributed by atoms with Gasteiger partial charge >= 0.3 is 0 Å². The van der Waals surface area contributed by atoms with E-state index in [4.69, 9.17) is 4.42 Å². The Morgan fingerprint density at radius 1 is 0.963 bits per heavy atom. The van der Waals surface area contributed by atoms with Crippen molar-refractivity contribution in [1.29, 1.82) is 0 Å². The summed E-state index contributed by atoms with van der Waals surface area (Å²) in [5.41, 5.74) is 1.68. The van der Waals surface area contributed by atoms with Crippen molar-refractivity contribution in [3.05, 3.63) is 72.0 Å². The molecule has 0 aliphatic carbocycles. The molecule has 0 fully saturated rings. The van der Waals surface area contributed by atoms with Crippen LogP contribution >= 0.6 is 0 Å². The molecular weight excluding hydrogens is 366 g/mol. The second kappa shape index (κ2) is 7.20. The zero-order chi connectivity index (χ0) is 19.6. The zero-order valence-electron chi connectivity index (χ0n) is 14.7. The number of furan rings is 1. The number of benzene rings is 2. The van der Waals surface area contributed by atoms with E-state index in [1.54, 1.807) is 42.5 Å². The Morgan fingerprint density at radius 3 is 2.30 bits per heavy atom. The lowest BCUT2D eigenvalue weighted by Gasteiger charge is -2.05. The van der Waals surface area contributed by atoms with Gasteiger partial charge in [0, 0.05) is 23.1 Å². The molecule has 2 aromatic carbocycles. The fraction of sp³-hybridized carbons (Fsp3) is 0.100. The molecule has 0 aliphatic rings. The van der Waals surface area contributed by atoms with Crippen molar-refractivity contribution in [2.75, 3.05) is 11.6 Å². The molecule has 0 aliphatic heterocycles. The molecule has 6 nitrogen and oxygen atoms in total. The molecule has 0 saturated carbocycles. The fourth-order valence-electron chi connectivity index (χ4n) is 2.48. The van der Waals surface area contributed by atoms with Crippen molar-refractivity contribution in [2.45, 2.75) is 11.8 Å². The largest absolute Gasteiger partial charge is 0.451 e. The molecule has 3 aromatic rings. The van der Waals surface area contributed by atoms with Crippen LogP contribution in [0.5, 0.6) is 0 Å². The van der Waals surface area contributed by atoms with Crippen LogP contribution < -0.4 is 5.32 Å². The van der Waals surface area contributed by atoms with E-state index in [-0.39, 0.29) is 16.4 Å². The maximum atomic E-state index is 12.4. The predicted octanol–water partition coefficient (Wildman–Crippen LogP) is 3.81. The molecule has 0 saturated heterocycles. The van der Waals surface area contributed by atoms with Crippen molar-refractivity contribution in [3.63, 3.8) is 0 Å². The lowest BCUT2D eigenvalue weighted by Crippen LogP contribution is -2.11. The minimum atomic E-state index is -3.37. The van der Waals surface area contributed by atoms with Crippen LogP contribution in [0.15, 0.2) is 70.0 Å². The van der Waals surface area contributed by atoms with E-state index in [1.807, 2.05) is 0 Å². The molecular formula is C20H17NO5S. The highest BCUT2D eigenvalue weighted by Gasteiger charge is 2.14. The van der Waals surface area contributed by atoms with Gasteiger partial charge < -0.3 is 9.73 Å². The third-order valence-electron chi connectivity index (χ3n) is 3.93. The first kappa shape index (κ1) is 18.6. The molecule has 138 valence electrons. The van der Waals surface area contributed by atoms with Crippen molar-refractivity contribution in [2.24, 2.45) is 0 Å². The highest BCUT2D eigenvalue weighted by Crippen LogP contribution is 2.24. The molecule has 0 atom stereocenters. The van der Waals surface area contributed by atoms with E-state index in [1.165, 1.54) is 25.1 Å². The van der Waals surface area contributed by atoms with Gasteiger partial charge in [0.25, 0.3) is 5.91 Å². The molecule has 0 radical (unpaired) electrons. The SMILES string of the molecule is CC(=O)c1ccc(-c2ccc(C(=O)Nc3cccc(S(C)(=O)=O)c3)o2)cc1. The predicted molar refractivity (Wildman–Crippen MR) is 102 cm³/mol. The number of rotatable bonds is 5. The standard InChI is InChI=1S/C20H17NO5S/c1-13(22)14-6-8-15(9-7-14)18-10-11-19(26-18)20(23)21-16-4-3-5-17(12-16)27(2,24)25/h3-12H,1-2H3,(H,21,23). The Balaban J connectivity index is 1.78. The summed E-state index contributed by atoms with van der Waals surface area (Å²) in [6.07, 6.45) is 1.10. The van der Waals surface area contributed by atoms with Crippen LogP contribution in [0.2, 0.25) is 0 Å². The number of Topliss-reactive ketones (excluding diaryl/α,β-unsaturated/α-hetero) is 1. The zero-order valence-corrected chi connectivity index (χ0v) is 15.5. The third-order valence-corrected chi connectivity index (χ3v) is 5.04. The van der Waals surface area contributed by atoms with Crippen molar-refractivity contribution in [1.82, 2.24) is 0 Å². The molecule has 3 rings (SSSR count). The summed E-state index contributed by atoms with van der Waals surface area (Å²) in [6.45, 7) is 1.49. The number of ketones is 1. The first-order valence-electron chi connectivity index (χ1n) is 8.07. The number of anilines is 1. The highest BCUT2D eigenvalue weighted by molar-refractivity contribution is 7.90. The van der Waals surface area contributed by atoms with Gasteiger partial charge in [-0.1, -0.05) is 30.3 Å². The number of carbonyl (C=O) groups is 2. The minimum absolute atomic E-state index is 0.0302. The first-order chi connectivity index (χ1) is 12.7. The van der Waals surface area contributed by atoms with Crippen molar-refractivity contribution in [3.8, 4) is 11.3 Å². The lowest BCUT2D eigenvalue weighted by molar-refractivity contribution is 0.0994. The number of amides is 1. The van der Waals surface area contributed by atoms with Crippen LogP contribution in [0.1, 0.15) is 27.8 Å². The number of carbonyl (C=O) groups excluding carboxylic acids is 2. The van der Waals surface area contributed by atoms with Gasteiger partial charge in [0.1, 0.15) is 5.76 Å². The van der Waals surface area contributed by atoms with Crippen LogP contribution in [-0.2, 0) is 9.84 Å². The topological polar surface area (TPSA) is 93.5 Å². The van der Waals surface area contributed by atoms with E-state index in [9.17, 15) is 18.0 Å². The summed E-state index contributed by atoms with van der Waals surface area (Å²) in [7, 11) is -3.37. The minimum Gasteiger partial charge on any atom is -0.451 e. The van der Waals surface area contributed by atoms with E-state index in [0.717, 1.165) is 11.8 Å². The highest BCUT2D eigenvalue weighted by atomic mass is 32.2. The molecule has 1 N–H and O–H groups in total. The molecule has 0 spiro atoms. The van der Waals surface area contributed by atoms with E-state index in [2.05, 4.69) is 5.32 Å². The Morgan fingerprint density at radius 2 is 1.67 bits per heavy atom. The number of sulfone groups is 1. The number of hydrogen-bond acceptors (Lipinski definition) is 5. The molecule has 1 amide bonds. The van der Waals surface area contributed by atoms with Crippen LogP contribution in [-0.4, -0.2) is 26.4 Å². The molecule has 7 heteroatoms. The van der Waals surface area contributed by atoms with Crippen LogP contribution in [0.25, 0.3) is 11.3 Å². The van der Waals surface area contributed by atoms with E-state index >= 15 is 0 Å². The monoisotopic (exact) mass is 383 g/mol. The van der Waals surface area contributed by atoms with Crippen LogP contribution in [0.3, 0.4) is 0 Å². The average molecular weight is 383 g/mol. The number of nitrogens with one attached hydrogen (secondary N) is 1. The van der Waals surface area contributed by atoms with Gasteiger partial charge in [-0.25, -0.2) is 8.42 Å². The van der Waals surface area contributed by atoms with Gasteiger partial charge in [-0.2, -0.15) is 0 Å².